The Labute approximate surface area is 160 Å². The number of hydrogen-bond donors (Lipinski definition) is 0. The summed E-state index contributed by atoms with van der Waals surface area (Å²) in [5, 5.41) is 0. The highest BCUT2D eigenvalue weighted by molar-refractivity contribution is 5.46. The molecule has 2 heterocycles. The van der Waals surface area contributed by atoms with Crippen LogP contribution in [0.15, 0.2) is 61.4 Å². The molecular weight excluding hydrogens is 340 g/mol. The van der Waals surface area contributed by atoms with Crippen molar-refractivity contribution in [2.24, 2.45) is 0 Å². The van der Waals surface area contributed by atoms with Gasteiger partial charge in [0.1, 0.15) is 6.61 Å². The molecule has 27 heavy (non-hydrogen) atoms. The van der Waals surface area contributed by atoms with Crippen LogP contribution >= 0.6 is 0 Å². The zero-order valence-corrected chi connectivity index (χ0v) is 16.1. The number of ether oxygens (including phenoxy) is 2. The number of rotatable bonds is 9. The molecule has 1 aromatic carbocycles. The van der Waals surface area contributed by atoms with E-state index in [9.17, 15) is 0 Å². The van der Waals surface area contributed by atoms with Gasteiger partial charge in [-0.2, -0.15) is 0 Å². The second-order valence-electron chi connectivity index (χ2n) is 6.47. The van der Waals surface area contributed by atoms with E-state index in [1.165, 1.54) is 5.56 Å². The number of imidazole rings is 1. The molecular formula is C21H26N4O2. The van der Waals surface area contributed by atoms with Gasteiger partial charge in [-0.05, 0) is 31.7 Å². The number of benzene rings is 1. The summed E-state index contributed by atoms with van der Waals surface area (Å²) in [6.07, 6.45) is 9.19. The topological polar surface area (TPSA) is 52.4 Å². The molecule has 6 nitrogen and oxygen atoms in total. The Balaban J connectivity index is 1.72. The van der Waals surface area contributed by atoms with Crippen molar-refractivity contribution in [2.75, 3.05) is 20.8 Å². The molecule has 142 valence electrons. The summed E-state index contributed by atoms with van der Waals surface area (Å²) in [6, 6.07) is 10.3. The SMILES string of the molecule is COc1cccc(CN(C)[C@H](C)c2cccnc2)c1OCCn1ccnc1. The van der Waals surface area contributed by atoms with Crippen LogP contribution in [0, 0.1) is 0 Å². The van der Waals surface area contributed by atoms with E-state index >= 15 is 0 Å². The van der Waals surface area contributed by atoms with Crippen LogP contribution in [0.3, 0.4) is 0 Å². The lowest BCUT2D eigenvalue weighted by molar-refractivity contribution is 0.237. The minimum absolute atomic E-state index is 0.240. The van der Waals surface area contributed by atoms with Gasteiger partial charge in [-0.15, -0.1) is 0 Å². The molecule has 2 aromatic heterocycles. The van der Waals surface area contributed by atoms with Gasteiger partial charge in [-0.25, -0.2) is 4.98 Å². The lowest BCUT2D eigenvalue weighted by Gasteiger charge is -2.26. The van der Waals surface area contributed by atoms with Gasteiger partial charge in [-0.3, -0.25) is 9.88 Å². The van der Waals surface area contributed by atoms with Crippen molar-refractivity contribution < 1.29 is 9.47 Å². The van der Waals surface area contributed by atoms with Gasteiger partial charge >= 0.3 is 0 Å². The number of hydrogen-bond acceptors (Lipinski definition) is 5. The lowest BCUT2D eigenvalue weighted by atomic mass is 10.1. The van der Waals surface area contributed by atoms with Crippen molar-refractivity contribution in [2.45, 2.75) is 26.1 Å². The fourth-order valence-corrected chi connectivity index (χ4v) is 2.97. The summed E-state index contributed by atoms with van der Waals surface area (Å²) in [4.78, 5) is 10.6. The van der Waals surface area contributed by atoms with Crippen LogP contribution in [0.5, 0.6) is 11.5 Å². The predicted molar refractivity (Wildman–Crippen MR) is 105 cm³/mol. The quantitative estimate of drug-likeness (QED) is 0.580. The molecule has 0 aliphatic rings. The van der Waals surface area contributed by atoms with Crippen molar-refractivity contribution in [3.05, 3.63) is 72.6 Å². The summed E-state index contributed by atoms with van der Waals surface area (Å²) in [7, 11) is 3.77. The molecule has 0 saturated heterocycles. The summed E-state index contributed by atoms with van der Waals surface area (Å²) in [5.74, 6) is 1.55. The minimum Gasteiger partial charge on any atom is -0.493 e. The Morgan fingerprint density at radius 1 is 1.15 bits per heavy atom. The third-order valence-corrected chi connectivity index (χ3v) is 4.68. The molecule has 0 saturated carbocycles. The fraction of sp³-hybridized carbons (Fsp3) is 0.333. The Morgan fingerprint density at radius 3 is 2.74 bits per heavy atom. The largest absolute Gasteiger partial charge is 0.493 e. The molecule has 0 bridgehead atoms. The summed E-state index contributed by atoms with van der Waals surface area (Å²) >= 11 is 0. The first kappa shape index (κ1) is 18.9. The van der Waals surface area contributed by atoms with Crippen LogP contribution < -0.4 is 9.47 Å². The van der Waals surface area contributed by atoms with Crippen LogP contribution in [0.4, 0.5) is 0 Å². The number of nitrogens with zero attached hydrogens (tertiary/aromatic N) is 4. The van der Waals surface area contributed by atoms with Crippen molar-refractivity contribution in [3.8, 4) is 11.5 Å². The first-order chi connectivity index (χ1) is 13.2. The highest BCUT2D eigenvalue weighted by Crippen LogP contribution is 2.33. The third kappa shape index (κ3) is 4.86. The standard InChI is InChI=1S/C21H26N4O2/c1-17(18-7-5-9-22-14-18)24(2)15-19-6-4-8-20(26-3)21(19)27-13-12-25-11-10-23-16-25/h4-11,14,16-17H,12-13,15H2,1-3H3/t17-/m1/s1. The van der Waals surface area contributed by atoms with Crippen LogP contribution in [0.1, 0.15) is 24.1 Å². The van der Waals surface area contributed by atoms with E-state index in [2.05, 4.69) is 41.0 Å². The minimum atomic E-state index is 0.240. The monoisotopic (exact) mass is 366 g/mol. The summed E-state index contributed by atoms with van der Waals surface area (Å²) < 4.78 is 13.6. The number of para-hydroxylation sites is 1. The van der Waals surface area contributed by atoms with Crippen molar-refractivity contribution in [1.82, 2.24) is 19.4 Å². The second-order valence-corrected chi connectivity index (χ2v) is 6.47. The van der Waals surface area contributed by atoms with Gasteiger partial charge in [0.05, 0.1) is 20.0 Å². The molecule has 0 amide bonds. The van der Waals surface area contributed by atoms with E-state index in [4.69, 9.17) is 9.47 Å². The Bertz CT molecular complexity index is 821. The van der Waals surface area contributed by atoms with Gasteiger partial charge in [0.25, 0.3) is 0 Å². The second kappa shape index (κ2) is 9.19. The van der Waals surface area contributed by atoms with Gasteiger partial charge in [0.2, 0.25) is 0 Å². The van der Waals surface area contributed by atoms with Crippen LogP contribution in [0.2, 0.25) is 0 Å². The first-order valence-corrected chi connectivity index (χ1v) is 9.03. The molecule has 0 spiro atoms. The molecule has 3 rings (SSSR count). The predicted octanol–water partition coefficient (Wildman–Crippen LogP) is 3.56. The van der Waals surface area contributed by atoms with Gasteiger partial charge in [-0.1, -0.05) is 18.2 Å². The number of aromatic nitrogens is 3. The Kier molecular flexibility index (Phi) is 6.44. The van der Waals surface area contributed by atoms with Gasteiger partial charge in [0.15, 0.2) is 11.5 Å². The molecule has 0 unspecified atom stereocenters. The highest BCUT2D eigenvalue weighted by Gasteiger charge is 2.17. The van der Waals surface area contributed by atoms with Crippen LogP contribution in [-0.2, 0) is 13.1 Å². The molecule has 1 atom stereocenters. The molecule has 6 heteroatoms. The Hall–Kier alpha value is -2.86. The molecule has 0 fully saturated rings. The van der Waals surface area contributed by atoms with E-state index in [1.54, 1.807) is 25.8 Å². The maximum absolute atomic E-state index is 6.11. The van der Waals surface area contributed by atoms with Gasteiger partial charge in [0, 0.05) is 42.9 Å². The number of methoxy groups -OCH3 is 1. The highest BCUT2D eigenvalue weighted by atomic mass is 16.5. The van der Waals surface area contributed by atoms with Crippen LogP contribution in [-0.4, -0.2) is 40.2 Å². The molecule has 3 aromatic rings. The normalized spacial score (nSPS) is 12.1. The van der Waals surface area contributed by atoms with E-state index < -0.39 is 0 Å². The fourth-order valence-electron chi connectivity index (χ4n) is 2.97. The third-order valence-electron chi connectivity index (χ3n) is 4.68. The number of pyridine rings is 1. The van der Waals surface area contributed by atoms with E-state index in [0.29, 0.717) is 6.61 Å². The maximum Gasteiger partial charge on any atom is 0.165 e. The average molecular weight is 366 g/mol. The van der Waals surface area contributed by atoms with Crippen LogP contribution in [0.25, 0.3) is 0 Å². The van der Waals surface area contributed by atoms with Crippen molar-refractivity contribution in [1.29, 1.82) is 0 Å². The first-order valence-electron chi connectivity index (χ1n) is 9.03. The summed E-state index contributed by atoms with van der Waals surface area (Å²) in [6.45, 7) is 4.20. The van der Waals surface area contributed by atoms with E-state index in [1.807, 2.05) is 35.2 Å². The molecule has 0 aliphatic carbocycles. The van der Waals surface area contributed by atoms with E-state index in [0.717, 1.165) is 30.2 Å². The van der Waals surface area contributed by atoms with Gasteiger partial charge < -0.3 is 14.0 Å². The molecule has 0 radical (unpaired) electrons. The lowest BCUT2D eigenvalue weighted by Crippen LogP contribution is -2.22. The maximum atomic E-state index is 6.11. The van der Waals surface area contributed by atoms with Crippen molar-refractivity contribution >= 4 is 0 Å². The van der Waals surface area contributed by atoms with Crippen molar-refractivity contribution in [3.63, 3.8) is 0 Å². The molecule has 0 aliphatic heterocycles. The van der Waals surface area contributed by atoms with E-state index in [-0.39, 0.29) is 6.04 Å². The molecule has 0 N–H and O–H groups in total. The zero-order valence-electron chi connectivity index (χ0n) is 16.1. The average Bonchev–Trinajstić information content (AvgIpc) is 3.22. The smallest absolute Gasteiger partial charge is 0.165 e. The zero-order chi connectivity index (χ0) is 19.1. The Morgan fingerprint density at radius 2 is 2.04 bits per heavy atom. The summed E-state index contributed by atoms with van der Waals surface area (Å²) in [5.41, 5.74) is 2.28.